The Morgan fingerprint density at radius 3 is 3.05 bits per heavy atom. The van der Waals surface area contributed by atoms with Crippen LogP contribution < -0.4 is 5.32 Å². The Hall–Kier alpha value is -1.65. The van der Waals surface area contributed by atoms with Crippen molar-refractivity contribution < 1.29 is 0 Å². The summed E-state index contributed by atoms with van der Waals surface area (Å²) in [5, 5.41) is 7.14. The zero-order chi connectivity index (χ0) is 13.2. The number of thiazole rings is 1. The van der Waals surface area contributed by atoms with Crippen molar-refractivity contribution >= 4 is 39.5 Å². The highest BCUT2D eigenvalue weighted by atomic mass is 35.5. The van der Waals surface area contributed by atoms with E-state index >= 15 is 0 Å². The predicted molar refractivity (Wildman–Crippen MR) is 80.9 cm³/mol. The second-order valence-electron chi connectivity index (χ2n) is 4.28. The molecule has 3 nitrogen and oxygen atoms in total. The molecule has 2 aromatic heterocycles. The van der Waals surface area contributed by atoms with Crippen molar-refractivity contribution in [3.63, 3.8) is 0 Å². The van der Waals surface area contributed by atoms with E-state index in [-0.39, 0.29) is 0 Å². The lowest BCUT2D eigenvalue weighted by molar-refractivity contribution is 1.08. The quantitative estimate of drug-likeness (QED) is 0.782. The Morgan fingerprint density at radius 2 is 2.26 bits per heavy atom. The van der Waals surface area contributed by atoms with Gasteiger partial charge >= 0.3 is 0 Å². The molecule has 0 aliphatic rings. The number of benzene rings is 1. The van der Waals surface area contributed by atoms with Crippen molar-refractivity contribution in [3.05, 3.63) is 51.6 Å². The van der Waals surface area contributed by atoms with Gasteiger partial charge < -0.3 is 5.32 Å². The fourth-order valence-corrected chi connectivity index (χ4v) is 2.95. The van der Waals surface area contributed by atoms with E-state index in [4.69, 9.17) is 11.6 Å². The van der Waals surface area contributed by atoms with Crippen molar-refractivity contribution in [1.82, 2.24) is 9.97 Å². The number of nitrogens with one attached hydrogen (secondary N) is 1. The molecule has 0 saturated heterocycles. The number of aryl methyl sites for hydroxylation is 1. The van der Waals surface area contributed by atoms with E-state index in [9.17, 15) is 0 Å². The van der Waals surface area contributed by atoms with Crippen LogP contribution in [-0.2, 0) is 6.54 Å². The lowest BCUT2D eigenvalue weighted by atomic mass is 10.1. The third kappa shape index (κ3) is 2.41. The van der Waals surface area contributed by atoms with Crippen LogP contribution in [0.5, 0.6) is 0 Å². The van der Waals surface area contributed by atoms with Gasteiger partial charge in [-0.15, -0.1) is 11.3 Å². The van der Waals surface area contributed by atoms with Gasteiger partial charge in [0.05, 0.1) is 34.0 Å². The van der Waals surface area contributed by atoms with Crippen LogP contribution in [0.4, 0.5) is 5.69 Å². The second kappa shape index (κ2) is 5.15. The zero-order valence-corrected chi connectivity index (χ0v) is 11.9. The summed E-state index contributed by atoms with van der Waals surface area (Å²) in [5.74, 6) is 0. The van der Waals surface area contributed by atoms with E-state index < -0.39 is 0 Å². The maximum atomic E-state index is 6.34. The highest BCUT2D eigenvalue weighted by Gasteiger charge is 2.09. The third-order valence-corrected chi connectivity index (χ3v) is 3.90. The minimum atomic E-state index is 0.663. The molecule has 1 N–H and O–H groups in total. The average Bonchev–Trinajstić information content (AvgIpc) is 2.92. The van der Waals surface area contributed by atoms with E-state index in [0.29, 0.717) is 11.6 Å². The van der Waals surface area contributed by atoms with Gasteiger partial charge in [0.1, 0.15) is 0 Å². The maximum absolute atomic E-state index is 6.34. The van der Waals surface area contributed by atoms with Crippen LogP contribution >= 0.6 is 22.9 Å². The van der Waals surface area contributed by atoms with Crippen molar-refractivity contribution in [2.24, 2.45) is 0 Å². The first kappa shape index (κ1) is 12.4. The summed E-state index contributed by atoms with van der Waals surface area (Å²) in [6, 6.07) is 5.90. The predicted octanol–water partition coefficient (Wildman–Crippen LogP) is 4.27. The highest BCUT2D eigenvalue weighted by molar-refractivity contribution is 7.07. The van der Waals surface area contributed by atoms with Gasteiger partial charge in [0.25, 0.3) is 0 Å². The van der Waals surface area contributed by atoms with Gasteiger partial charge in [-0.05, 0) is 30.7 Å². The fraction of sp³-hybridized carbons (Fsp3) is 0.143. The Kier molecular flexibility index (Phi) is 3.36. The molecule has 0 aliphatic heterocycles. The highest BCUT2D eigenvalue weighted by Crippen LogP contribution is 2.32. The standard InChI is InChI=1S/C14H12ClN3S/c1-9-5-12(15)14(11-3-2-4-16-13(9)11)17-6-10-7-19-8-18-10/h2-5,7-8,17H,6H2,1H3. The van der Waals surface area contributed by atoms with Gasteiger partial charge in [0, 0.05) is 17.0 Å². The Bertz CT molecular complexity index is 710. The molecule has 0 spiro atoms. The number of anilines is 1. The van der Waals surface area contributed by atoms with Crippen LogP contribution in [0.15, 0.2) is 35.3 Å². The summed E-state index contributed by atoms with van der Waals surface area (Å²) >= 11 is 7.93. The molecule has 0 aliphatic carbocycles. The average molecular weight is 290 g/mol. The smallest absolute Gasteiger partial charge is 0.0795 e. The summed E-state index contributed by atoms with van der Waals surface area (Å²) < 4.78 is 0. The molecule has 19 heavy (non-hydrogen) atoms. The van der Waals surface area contributed by atoms with E-state index in [0.717, 1.165) is 27.8 Å². The number of fused-ring (bicyclic) bond motifs is 1. The lowest BCUT2D eigenvalue weighted by Crippen LogP contribution is -2.01. The Balaban J connectivity index is 2.02. The molecule has 0 fully saturated rings. The summed E-state index contributed by atoms with van der Waals surface area (Å²) in [7, 11) is 0. The number of halogens is 1. The molecule has 0 amide bonds. The number of hydrogen-bond acceptors (Lipinski definition) is 4. The lowest BCUT2D eigenvalue weighted by Gasteiger charge is -2.12. The summed E-state index contributed by atoms with van der Waals surface area (Å²) in [6.45, 7) is 2.68. The van der Waals surface area contributed by atoms with E-state index in [2.05, 4.69) is 15.3 Å². The fourth-order valence-electron chi connectivity index (χ4n) is 2.06. The van der Waals surface area contributed by atoms with Crippen molar-refractivity contribution in [2.75, 3.05) is 5.32 Å². The largest absolute Gasteiger partial charge is 0.378 e. The SMILES string of the molecule is Cc1cc(Cl)c(NCc2cscn2)c2cccnc12. The number of rotatable bonds is 3. The molecule has 0 radical (unpaired) electrons. The minimum absolute atomic E-state index is 0.663. The minimum Gasteiger partial charge on any atom is -0.378 e. The van der Waals surface area contributed by atoms with Gasteiger partial charge in [-0.3, -0.25) is 4.98 Å². The van der Waals surface area contributed by atoms with Gasteiger partial charge in [-0.2, -0.15) is 0 Å². The number of hydrogen-bond donors (Lipinski definition) is 1. The molecular formula is C14H12ClN3S. The monoisotopic (exact) mass is 289 g/mol. The van der Waals surface area contributed by atoms with Crippen LogP contribution in [0.25, 0.3) is 10.9 Å². The van der Waals surface area contributed by atoms with E-state index in [1.165, 1.54) is 0 Å². The van der Waals surface area contributed by atoms with Crippen LogP contribution in [-0.4, -0.2) is 9.97 Å². The normalized spacial score (nSPS) is 10.8. The molecule has 0 unspecified atom stereocenters. The molecule has 96 valence electrons. The van der Waals surface area contributed by atoms with Crippen molar-refractivity contribution in [3.8, 4) is 0 Å². The summed E-state index contributed by atoms with van der Waals surface area (Å²) in [6.07, 6.45) is 1.80. The van der Waals surface area contributed by atoms with Crippen molar-refractivity contribution in [1.29, 1.82) is 0 Å². The summed E-state index contributed by atoms with van der Waals surface area (Å²) in [4.78, 5) is 8.67. The van der Waals surface area contributed by atoms with Gasteiger partial charge in [-0.25, -0.2) is 4.98 Å². The first-order valence-electron chi connectivity index (χ1n) is 5.90. The number of aromatic nitrogens is 2. The summed E-state index contributed by atoms with van der Waals surface area (Å²) in [5.41, 5.74) is 5.82. The molecular weight excluding hydrogens is 278 g/mol. The molecule has 0 saturated carbocycles. The Morgan fingerprint density at radius 1 is 1.37 bits per heavy atom. The van der Waals surface area contributed by atoms with Gasteiger partial charge in [0.15, 0.2) is 0 Å². The van der Waals surface area contributed by atoms with Crippen LogP contribution in [0.1, 0.15) is 11.3 Å². The van der Waals surface area contributed by atoms with Crippen LogP contribution in [0.2, 0.25) is 5.02 Å². The van der Waals surface area contributed by atoms with Crippen LogP contribution in [0, 0.1) is 6.92 Å². The van der Waals surface area contributed by atoms with Crippen LogP contribution in [0.3, 0.4) is 0 Å². The third-order valence-electron chi connectivity index (χ3n) is 2.96. The zero-order valence-electron chi connectivity index (χ0n) is 10.4. The molecule has 5 heteroatoms. The topological polar surface area (TPSA) is 37.8 Å². The number of pyridine rings is 1. The first-order chi connectivity index (χ1) is 9.25. The van der Waals surface area contributed by atoms with Gasteiger partial charge in [0.2, 0.25) is 0 Å². The molecule has 2 heterocycles. The first-order valence-corrected chi connectivity index (χ1v) is 7.22. The Labute approximate surface area is 120 Å². The molecule has 3 aromatic rings. The van der Waals surface area contributed by atoms with Crippen molar-refractivity contribution in [2.45, 2.75) is 13.5 Å². The maximum Gasteiger partial charge on any atom is 0.0795 e. The van der Waals surface area contributed by atoms with E-state index in [1.54, 1.807) is 17.5 Å². The number of nitrogens with zero attached hydrogens (tertiary/aromatic N) is 2. The van der Waals surface area contributed by atoms with Gasteiger partial charge in [-0.1, -0.05) is 11.6 Å². The second-order valence-corrected chi connectivity index (χ2v) is 5.41. The van der Waals surface area contributed by atoms with E-state index in [1.807, 2.05) is 36.0 Å². The molecule has 3 rings (SSSR count). The molecule has 0 atom stereocenters. The molecule has 1 aromatic carbocycles. The molecule has 0 bridgehead atoms.